The number of nitrogens with one attached hydrogen (secondary N) is 2. The van der Waals surface area contributed by atoms with E-state index >= 15 is 0 Å². The van der Waals surface area contributed by atoms with Crippen LogP contribution in [0.1, 0.15) is 30.6 Å². The molecule has 0 fully saturated rings. The van der Waals surface area contributed by atoms with E-state index in [0.717, 1.165) is 6.42 Å². The van der Waals surface area contributed by atoms with Crippen molar-refractivity contribution in [3.8, 4) is 5.75 Å². The number of ketones is 1. The van der Waals surface area contributed by atoms with Crippen LogP contribution >= 0.6 is 0 Å². The maximum absolute atomic E-state index is 11.5. The molecule has 0 aliphatic carbocycles. The third-order valence-corrected chi connectivity index (χ3v) is 2.77. The zero-order valence-electron chi connectivity index (χ0n) is 13.6. The highest BCUT2D eigenvalue weighted by Gasteiger charge is 2.11. The van der Waals surface area contributed by atoms with Gasteiger partial charge in [0.05, 0.1) is 0 Å². The molecular formula is C16H20N2O6. The molecule has 0 spiro atoms. The van der Waals surface area contributed by atoms with E-state index in [2.05, 4.69) is 10.1 Å². The van der Waals surface area contributed by atoms with E-state index in [4.69, 9.17) is 4.74 Å². The van der Waals surface area contributed by atoms with Gasteiger partial charge in [0.15, 0.2) is 19.0 Å². The van der Waals surface area contributed by atoms with Crippen molar-refractivity contribution < 1.29 is 28.7 Å². The van der Waals surface area contributed by atoms with E-state index in [1.165, 1.54) is 6.92 Å². The lowest BCUT2D eigenvalue weighted by Crippen LogP contribution is -2.41. The fourth-order valence-electron chi connectivity index (χ4n) is 1.56. The Balaban J connectivity index is 2.27. The van der Waals surface area contributed by atoms with Gasteiger partial charge in [-0.15, -0.1) is 0 Å². The van der Waals surface area contributed by atoms with Gasteiger partial charge < -0.3 is 14.8 Å². The lowest BCUT2D eigenvalue weighted by Gasteiger charge is -2.08. The molecule has 0 radical (unpaired) electrons. The summed E-state index contributed by atoms with van der Waals surface area (Å²) in [6.07, 6.45) is 0.737. The van der Waals surface area contributed by atoms with Crippen LogP contribution in [0.3, 0.4) is 0 Å². The van der Waals surface area contributed by atoms with Crippen molar-refractivity contribution in [3.05, 3.63) is 29.8 Å². The average molecular weight is 336 g/mol. The topological polar surface area (TPSA) is 111 Å². The molecule has 3 amide bonds. The standard InChI is InChI=1S/C16H20N2O6/c1-3-8-17-16(22)18-14(20)9-24-15(21)10-23-13-6-4-12(5-7-13)11(2)19/h4-7H,3,8-10H2,1-2H3,(H2,17,18,20,22). The highest BCUT2D eigenvalue weighted by atomic mass is 16.6. The highest BCUT2D eigenvalue weighted by Crippen LogP contribution is 2.12. The Bertz CT molecular complexity index is 597. The summed E-state index contributed by atoms with van der Waals surface area (Å²) in [7, 11) is 0. The number of imide groups is 1. The lowest BCUT2D eigenvalue weighted by atomic mass is 10.1. The van der Waals surface area contributed by atoms with Gasteiger partial charge in [0, 0.05) is 12.1 Å². The molecule has 0 aliphatic heterocycles. The monoisotopic (exact) mass is 336 g/mol. The molecule has 8 nitrogen and oxygen atoms in total. The molecule has 24 heavy (non-hydrogen) atoms. The minimum absolute atomic E-state index is 0.0741. The van der Waals surface area contributed by atoms with Crippen LogP contribution in [0.4, 0.5) is 4.79 Å². The Morgan fingerprint density at radius 1 is 1.04 bits per heavy atom. The van der Waals surface area contributed by atoms with Crippen LogP contribution in [0, 0.1) is 0 Å². The Labute approximate surface area is 139 Å². The van der Waals surface area contributed by atoms with Gasteiger partial charge in [-0.3, -0.25) is 14.9 Å². The molecule has 0 aromatic heterocycles. The summed E-state index contributed by atoms with van der Waals surface area (Å²) in [5.74, 6) is -1.17. The van der Waals surface area contributed by atoms with E-state index in [9.17, 15) is 19.2 Å². The van der Waals surface area contributed by atoms with Crippen LogP contribution in [0.15, 0.2) is 24.3 Å². The number of rotatable bonds is 8. The van der Waals surface area contributed by atoms with Crippen LogP contribution < -0.4 is 15.4 Å². The Hall–Kier alpha value is -2.90. The Kier molecular flexibility index (Phi) is 7.97. The quantitative estimate of drug-likeness (QED) is 0.542. The van der Waals surface area contributed by atoms with Crippen LogP contribution in [0.5, 0.6) is 5.75 Å². The molecule has 0 atom stereocenters. The van der Waals surface area contributed by atoms with Gasteiger partial charge >= 0.3 is 12.0 Å². The second kappa shape index (κ2) is 9.98. The number of urea groups is 1. The van der Waals surface area contributed by atoms with Crippen molar-refractivity contribution in [2.24, 2.45) is 0 Å². The van der Waals surface area contributed by atoms with Crippen molar-refractivity contribution in [2.75, 3.05) is 19.8 Å². The molecule has 0 aliphatic rings. The number of ether oxygens (including phenoxy) is 2. The predicted octanol–water partition coefficient (Wildman–Crippen LogP) is 1.05. The maximum Gasteiger partial charge on any atom is 0.344 e. The van der Waals surface area contributed by atoms with Crippen LogP contribution in [0.25, 0.3) is 0 Å². The summed E-state index contributed by atoms with van der Waals surface area (Å²) >= 11 is 0. The van der Waals surface area contributed by atoms with Crippen molar-refractivity contribution in [3.63, 3.8) is 0 Å². The van der Waals surface area contributed by atoms with Crippen molar-refractivity contribution in [1.82, 2.24) is 10.6 Å². The normalized spacial score (nSPS) is 9.75. The molecule has 8 heteroatoms. The van der Waals surface area contributed by atoms with E-state index in [-0.39, 0.29) is 5.78 Å². The van der Waals surface area contributed by atoms with Gasteiger partial charge in [-0.1, -0.05) is 6.92 Å². The minimum atomic E-state index is -0.755. The van der Waals surface area contributed by atoms with E-state index in [1.54, 1.807) is 24.3 Å². The van der Waals surface area contributed by atoms with Gasteiger partial charge in [0.1, 0.15) is 5.75 Å². The first kappa shape index (κ1) is 19.1. The lowest BCUT2D eigenvalue weighted by molar-refractivity contribution is -0.150. The number of amides is 3. The summed E-state index contributed by atoms with van der Waals surface area (Å²) in [6.45, 7) is 2.78. The second-order valence-corrected chi connectivity index (χ2v) is 4.83. The first-order valence-electron chi connectivity index (χ1n) is 7.39. The summed E-state index contributed by atoms with van der Waals surface area (Å²) in [5, 5.41) is 4.47. The van der Waals surface area contributed by atoms with Gasteiger partial charge in [0.2, 0.25) is 0 Å². The third-order valence-electron chi connectivity index (χ3n) is 2.77. The van der Waals surface area contributed by atoms with Crippen molar-refractivity contribution in [1.29, 1.82) is 0 Å². The molecule has 1 aromatic rings. The molecule has 1 rings (SSSR count). The zero-order chi connectivity index (χ0) is 17.9. The molecule has 0 unspecified atom stereocenters. The summed E-state index contributed by atoms with van der Waals surface area (Å²) in [5.41, 5.74) is 0.531. The van der Waals surface area contributed by atoms with E-state index in [0.29, 0.717) is 17.9 Å². The van der Waals surface area contributed by atoms with Crippen LogP contribution in [-0.4, -0.2) is 43.4 Å². The average Bonchev–Trinajstić information content (AvgIpc) is 2.56. The molecular weight excluding hydrogens is 316 g/mol. The molecule has 0 saturated carbocycles. The maximum atomic E-state index is 11.5. The van der Waals surface area contributed by atoms with Gasteiger partial charge in [-0.05, 0) is 37.6 Å². The fourth-order valence-corrected chi connectivity index (χ4v) is 1.56. The summed E-state index contributed by atoms with van der Waals surface area (Å²) in [6, 6.07) is 5.61. The van der Waals surface area contributed by atoms with Gasteiger partial charge in [-0.2, -0.15) is 0 Å². The first-order chi connectivity index (χ1) is 11.4. The first-order valence-corrected chi connectivity index (χ1v) is 7.39. The number of Topliss-reactive ketones (excluding diaryl/α,β-unsaturated/α-hetero) is 1. The van der Waals surface area contributed by atoms with Crippen LogP contribution in [-0.2, 0) is 14.3 Å². The number of esters is 1. The number of benzene rings is 1. The van der Waals surface area contributed by atoms with Crippen molar-refractivity contribution >= 4 is 23.7 Å². The molecule has 2 N–H and O–H groups in total. The third kappa shape index (κ3) is 7.39. The fraction of sp³-hybridized carbons (Fsp3) is 0.375. The van der Waals surface area contributed by atoms with Gasteiger partial charge in [-0.25, -0.2) is 9.59 Å². The second-order valence-electron chi connectivity index (χ2n) is 4.83. The Morgan fingerprint density at radius 2 is 1.71 bits per heavy atom. The number of hydrogen-bond donors (Lipinski definition) is 2. The largest absolute Gasteiger partial charge is 0.482 e. The number of carbonyl (C=O) groups is 4. The number of carbonyl (C=O) groups excluding carboxylic acids is 4. The van der Waals surface area contributed by atoms with E-state index < -0.39 is 31.1 Å². The van der Waals surface area contributed by atoms with Crippen LogP contribution in [0.2, 0.25) is 0 Å². The smallest absolute Gasteiger partial charge is 0.344 e. The number of hydrogen-bond acceptors (Lipinski definition) is 6. The van der Waals surface area contributed by atoms with Crippen molar-refractivity contribution in [2.45, 2.75) is 20.3 Å². The molecule has 0 bridgehead atoms. The van der Waals surface area contributed by atoms with Gasteiger partial charge in [0.25, 0.3) is 5.91 Å². The molecule has 1 aromatic carbocycles. The molecule has 0 heterocycles. The summed E-state index contributed by atoms with van der Waals surface area (Å²) < 4.78 is 9.85. The van der Waals surface area contributed by atoms with E-state index in [1.807, 2.05) is 12.2 Å². The predicted molar refractivity (Wildman–Crippen MR) is 84.7 cm³/mol. The minimum Gasteiger partial charge on any atom is -0.482 e. The summed E-state index contributed by atoms with van der Waals surface area (Å²) in [4.78, 5) is 45.2. The zero-order valence-corrected chi connectivity index (χ0v) is 13.6. The highest BCUT2D eigenvalue weighted by molar-refractivity contribution is 5.95. The molecule has 0 saturated heterocycles. The SMILES string of the molecule is CCCNC(=O)NC(=O)COC(=O)COc1ccc(C(C)=O)cc1. The Morgan fingerprint density at radius 3 is 2.29 bits per heavy atom. The molecule has 130 valence electrons.